The number of carbonyl (C=O) groups is 4. The molecule has 168 valence electrons. The van der Waals surface area contributed by atoms with Crippen molar-refractivity contribution in [2.45, 2.75) is 40.2 Å². The van der Waals surface area contributed by atoms with E-state index in [4.69, 9.17) is 13.6 Å². The Bertz CT molecular complexity index is 619. The molecule has 1 heterocycles. The van der Waals surface area contributed by atoms with E-state index in [-0.39, 0.29) is 30.6 Å². The average molecular weight is 456 g/mol. The van der Waals surface area contributed by atoms with Crippen LogP contribution in [-0.2, 0) is 37.5 Å². The van der Waals surface area contributed by atoms with Crippen LogP contribution in [0.15, 0.2) is 0 Å². The fraction of sp³-hybridized carbons (Fsp3) is 0.750. The van der Waals surface area contributed by atoms with Crippen LogP contribution in [0, 0.1) is 5.41 Å². The van der Waals surface area contributed by atoms with E-state index in [0.717, 1.165) is 11.8 Å². The second-order valence-electron chi connectivity index (χ2n) is 6.93. The van der Waals surface area contributed by atoms with Crippen LogP contribution in [0.1, 0.15) is 34.1 Å². The predicted octanol–water partition coefficient (Wildman–Crippen LogP) is 0.270. The third kappa shape index (κ3) is 9.83. The summed E-state index contributed by atoms with van der Waals surface area (Å²) in [7, 11) is -4.16. The zero-order chi connectivity index (χ0) is 22.1. The summed E-state index contributed by atoms with van der Waals surface area (Å²) in [4.78, 5) is 56.2. The van der Waals surface area contributed by atoms with Crippen molar-refractivity contribution in [2.75, 3.05) is 32.2 Å². The van der Waals surface area contributed by atoms with E-state index in [9.17, 15) is 24.1 Å². The normalized spacial score (nSPS) is 20.9. The molecule has 0 radical (unpaired) electrons. The number of thioether (sulfide) groups is 1. The Morgan fingerprint density at radius 2 is 1.90 bits per heavy atom. The fourth-order valence-corrected chi connectivity index (χ4v) is 4.43. The molecule has 29 heavy (non-hydrogen) atoms. The molecule has 1 atom stereocenters. The van der Waals surface area contributed by atoms with E-state index in [1.807, 2.05) is 0 Å². The molecule has 0 aromatic heterocycles. The number of hydrogen-bond donors (Lipinski definition) is 3. The topological polar surface area (TPSA) is 149 Å². The van der Waals surface area contributed by atoms with Crippen molar-refractivity contribution in [3.8, 4) is 0 Å². The SMILES string of the molecule is CC(=O)OCO[PH]1(O)OCC(C)(C)[C@H](C(=O)NCCC(=O)NCCSC(C)=O)O1. The monoisotopic (exact) mass is 456 g/mol. The van der Waals surface area contributed by atoms with Gasteiger partial charge in [-0.3, -0.25) is 4.79 Å². The van der Waals surface area contributed by atoms with Gasteiger partial charge in [-0.25, -0.2) is 0 Å². The molecule has 0 unspecified atom stereocenters. The number of carbonyl (C=O) groups excluding carboxylic acids is 4. The molecule has 3 N–H and O–H groups in total. The van der Waals surface area contributed by atoms with E-state index in [2.05, 4.69) is 15.4 Å². The van der Waals surface area contributed by atoms with Crippen molar-refractivity contribution >= 4 is 42.8 Å². The summed E-state index contributed by atoms with van der Waals surface area (Å²) in [6.07, 6.45) is -1.04. The Labute approximate surface area is 174 Å². The van der Waals surface area contributed by atoms with Crippen LogP contribution >= 0.6 is 19.9 Å². The summed E-state index contributed by atoms with van der Waals surface area (Å²) in [5, 5.41) is 5.21. The van der Waals surface area contributed by atoms with Crippen molar-refractivity contribution in [1.82, 2.24) is 10.6 Å². The maximum absolute atomic E-state index is 12.5. The number of esters is 1. The molecule has 0 aromatic carbocycles. The number of nitrogens with one attached hydrogen (secondary N) is 2. The number of ether oxygens (including phenoxy) is 1. The zero-order valence-electron chi connectivity index (χ0n) is 16.9. The van der Waals surface area contributed by atoms with Crippen LogP contribution in [0.3, 0.4) is 0 Å². The van der Waals surface area contributed by atoms with E-state index < -0.39 is 38.4 Å². The van der Waals surface area contributed by atoms with Gasteiger partial charge in [-0.1, -0.05) is 0 Å². The van der Waals surface area contributed by atoms with Gasteiger partial charge in [0.15, 0.2) is 0 Å². The van der Waals surface area contributed by atoms with Gasteiger partial charge in [0, 0.05) is 6.92 Å². The summed E-state index contributed by atoms with van der Waals surface area (Å²) < 4.78 is 20.2. The third-order valence-electron chi connectivity index (χ3n) is 3.73. The average Bonchev–Trinajstić information content (AvgIpc) is 2.60. The van der Waals surface area contributed by atoms with Crippen molar-refractivity contribution in [2.24, 2.45) is 5.41 Å². The van der Waals surface area contributed by atoms with Gasteiger partial charge < -0.3 is 0 Å². The second kappa shape index (κ2) is 11.8. The summed E-state index contributed by atoms with van der Waals surface area (Å²) in [5.41, 5.74) is -0.764. The molecule has 11 nitrogen and oxygen atoms in total. The molecule has 1 saturated heterocycles. The first-order valence-corrected chi connectivity index (χ1v) is 11.6. The number of rotatable bonds is 10. The molecular formula is C16H29N2O9PS. The van der Waals surface area contributed by atoms with Gasteiger partial charge in [0.1, 0.15) is 0 Å². The van der Waals surface area contributed by atoms with E-state index in [0.29, 0.717) is 12.3 Å². The molecule has 1 aliphatic heterocycles. The Morgan fingerprint density at radius 3 is 2.52 bits per heavy atom. The van der Waals surface area contributed by atoms with E-state index in [1.54, 1.807) is 13.8 Å². The Hall–Kier alpha value is -1.30. The van der Waals surface area contributed by atoms with Gasteiger partial charge in [-0.15, -0.1) is 0 Å². The minimum atomic E-state index is -4.16. The van der Waals surface area contributed by atoms with Gasteiger partial charge in [-0.05, 0) is 0 Å². The molecule has 0 aliphatic carbocycles. The van der Waals surface area contributed by atoms with Crippen molar-refractivity contribution < 1.29 is 42.4 Å². The quantitative estimate of drug-likeness (QED) is 0.181. The zero-order valence-corrected chi connectivity index (χ0v) is 18.8. The standard InChI is InChI=1S/C16H29N2O9PS/c1-11(19)24-10-26-28(23)25-9-16(3,4)14(27-28)15(22)18-6-5-13(21)17-7-8-29-12(2)20/h14,23,28H,5-10H2,1-4H3,(H,17,21)(H,18,22)/t14-/m0/s1. The van der Waals surface area contributed by atoms with Gasteiger partial charge >= 0.3 is 162 Å². The first-order valence-electron chi connectivity index (χ1n) is 8.94. The van der Waals surface area contributed by atoms with E-state index >= 15 is 0 Å². The molecule has 1 rings (SSSR count). The molecule has 1 aliphatic rings. The molecule has 0 spiro atoms. The molecular weight excluding hydrogens is 427 g/mol. The molecule has 2 amide bonds. The van der Waals surface area contributed by atoms with Crippen LogP contribution in [-0.4, -0.2) is 66.1 Å². The first-order chi connectivity index (χ1) is 13.4. The Morgan fingerprint density at radius 1 is 1.21 bits per heavy atom. The summed E-state index contributed by atoms with van der Waals surface area (Å²) in [6, 6.07) is 0. The molecule has 0 aromatic rings. The fourth-order valence-electron chi connectivity index (χ4n) is 2.23. The van der Waals surface area contributed by atoms with Gasteiger partial charge in [0.2, 0.25) is 0 Å². The minimum absolute atomic E-state index is 0.0117. The molecule has 0 saturated carbocycles. The van der Waals surface area contributed by atoms with Gasteiger partial charge in [0.25, 0.3) is 0 Å². The molecule has 1 fully saturated rings. The predicted molar refractivity (Wildman–Crippen MR) is 107 cm³/mol. The first kappa shape index (κ1) is 25.7. The van der Waals surface area contributed by atoms with Crippen LogP contribution in [0.2, 0.25) is 0 Å². The third-order valence-corrected chi connectivity index (χ3v) is 6.07. The summed E-state index contributed by atoms with van der Waals surface area (Å²) >= 11 is 1.12. The van der Waals surface area contributed by atoms with Crippen molar-refractivity contribution in [3.05, 3.63) is 0 Å². The summed E-state index contributed by atoms with van der Waals surface area (Å²) in [6.45, 7) is 5.91. The van der Waals surface area contributed by atoms with Crippen LogP contribution in [0.25, 0.3) is 0 Å². The van der Waals surface area contributed by atoms with E-state index in [1.165, 1.54) is 13.8 Å². The Kier molecular flexibility index (Phi) is 10.4. The van der Waals surface area contributed by atoms with Crippen molar-refractivity contribution in [1.29, 1.82) is 0 Å². The Balaban J connectivity index is 2.45. The maximum atomic E-state index is 12.5. The van der Waals surface area contributed by atoms with Crippen LogP contribution < -0.4 is 10.6 Å². The van der Waals surface area contributed by atoms with Crippen molar-refractivity contribution in [3.63, 3.8) is 0 Å². The number of hydrogen-bond acceptors (Lipinski definition) is 10. The van der Waals surface area contributed by atoms with Crippen LogP contribution in [0.5, 0.6) is 0 Å². The summed E-state index contributed by atoms with van der Waals surface area (Å²) in [5.74, 6) is -0.919. The molecule has 13 heteroatoms. The molecule has 0 bridgehead atoms. The second-order valence-corrected chi connectivity index (χ2v) is 10.1. The van der Waals surface area contributed by atoms with Crippen LogP contribution in [0.4, 0.5) is 0 Å². The number of amides is 2. The van der Waals surface area contributed by atoms with Gasteiger partial charge in [0.05, 0.1) is 0 Å². The van der Waals surface area contributed by atoms with Gasteiger partial charge in [-0.2, -0.15) is 0 Å².